The van der Waals surface area contributed by atoms with Gasteiger partial charge in [0.2, 0.25) is 10.0 Å². The smallest absolute Gasteiger partial charge is 0.211 e. The first-order valence-corrected chi connectivity index (χ1v) is 12.6. The largest absolute Gasteiger partial charge is 0.367 e. The average Bonchev–Trinajstić information content (AvgIpc) is 2.71. The number of para-hydroxylation sites is 1. The highest BCUT2D eigenvalue weighted by Crippen LogP contribution is 2.26. The van der Waals surface area contributed by atoms with Gasteiger partial charge in [0.15, 0.2) is 5.96 Å². The molecule has 0 aromatic heterocycles. The van der Waals surface area contributed by atoms with Crippen LogP contribution in [0.5, 0.6) is 0 Å². The monoisotopic (exact) mass is 569 g/mol. The van der Waals surface area contributed by atoms with E-state index in [1.54, 1.807) is 4.31 Å². The number of nitrogens with one attached hydrogen (secondary N) is 1. The molecule has 0 bridgehead atoms. The average molecular weight is 570 g/mol. The second-order valence-electron chi connectivity index (χ2n) is 7.73. The van der Waals surface area contributed by atoms with E-state index in [1.807, 2.05) is 18.2 Å². The van der Waals surface area contributed by atoms with Crippen molar-refractivity contribution in [3.05, 3.63) is 29.3 Å². The van der Waals surface area contributed by atoms with Crippen LogP contribution in [0.4, 0.5) is 5.69 Å². The Balaban J connectivity index is 0.00000320. The van der Waals surface area contributed by atoms with Crippen LogP contribution in [0.15, 0.2) is 29.3 Å². The van der Waals surface area contributed by atoms with E-state index < -0.39 is 10.0 Å². The Morgan fingerprint density at radius 3 is 2.33 bits per heavy atom. The Morgan fingerprint density at radius 2 is 1.77 bits per heavy atom. The molecule has 3 rings (SSSR count). The molecule has 0 aliphatic carbocycles. The SMILES string of the molecule is CCNC(=NCC1CCN(S(C)(=O)=O)CC1)N1CCN(c2ccccc2Cl)CC1.I. The minimum absolute atomic E-state index is 0. The number of piperazine rings is 1. The zero-order chi connectivity index (χ0) is 20.9. The molecule has 0 radical (unpaired) electrons. The number of nitrogens with zero attached hydrogens (tertiary/aromatic N) is 4. The Bertz CT molecular complexity index is 807. The Hall–Kier alpha value is -0.780. The van der Waals surface area contributed by atoms with Crippen molar-refractivity contribution in [1.29, 1.82) is 0 Å². The van der Waals surface area contributed by atoms with E-state index in [1.165, 1.54) is 6.26 Å². The summed E-state index contributed by atoms with van der Waals surface area (Å²) < 4.78 is 24.9. The van der Waals surface area contributed by atoms with Crippen molar-refractivity contribution in [1.82, 2.24) is 14.5 Å². The van der Waals surface area contributed by atoms with Crippen molar-refractivity contribution in [3.63, 3.8) is 0 Å². The predicted molar refractivity (Wildman–Crippen MR) is 136 cm³/mol. The maximum Gasteiger partial charge on any atom is 0.211 e. The Morgan fingerprint density at radius 1 is 1.13 bits per heavy atom. The van der Waals surface area contributed by atoms with Crippen LogP contribution in [-0.2, 0) is 10.0 Å². The van der Waals surface area contributed by atoms with Crippen molar-refractivity contribution in [2.24, 2.45) is 10.9 Å². The normalized spacial score (nSPS) is 19.5. The van der Waals surface area contributed by atoms with Crippen molar-refractivity contribution >= 4 is 57.2 Å². The van der Waals surface area contributed by atoms with Gasteiger partial charge >= 0.3 is 0 Å². The fourth-order valence-electron chi connectivity index (χ4n) is 3.93. The van der Waals surface area contributed by atoms with Gasteiger partial charge in [-0.15, -0.1) is 24.0 Å². The van der Waals surface area contributed by atoms with Crippen LogP contribution in [0, 0.1) is 5.92 Å². The summed E-state index contributed by atoms with van der Waals surface area (Å²) in [6, 6.07) is 7.98. The van der Waals surface area contributed by atoms with Crippen molar-refractivity contribution in [2.45, 2.75) is 19.8 Å². The lowest BCUT2D eigenvalue weighted by Gasteiger charge is -2.38. The second kappa shape index (κ2) is 11.7. The molecule has 0 saturated carbocycles. The van der Waals surface area contributed by atoms with Gasteiger partial charge in [-0.2, -0.15) is 0 Å². The van der Waals surface area contributed by atoms with E-state index in [2.05, 4.69) is 28.1 Å². The molecule has 2 heterocycles. The lowest BCUT2D eigenvalue weighted by molar-refractivity contribution is 0.279. The number of hydrogen-bond donors (Lipinski definition) is 1. The molecule has 0 amide bonds. The summed E-state index contributed by atoms with van der Waals surface area (Å²) >= 11 is 6.35. The van der Waals surface area contributed by atoms with Gasteiger partial charge in [0.1, 0.15) is 0 Å². The molecule has 1 N–H and O–H groups in total. The fraction of sp³-hybridized carbons (Fsp3) is 0.650. The molecular weight excluding hydrogens is 537 g/mol. The molecule has 7 nitrogen and oxygen atoms in total. The molecule has 0 spiro atoms. The summed E-state index contributed by atoms with van der Waals surface area (Å²) in [5.74, 6) is 1.39. The summed E-state index contributed by atoms with van der Waals surface area (Å²) in [6.45, 7) is 8.45. The number of guanidine groups is 1. The minimum atomic E-state index is -3.07. The van der Waals surface area contributed by atoms with Gasteiger partial charge in [-0.05, 0) is 37.8 Å². The molecule has 10 heteroatoms. The van der Waals surface area contributed by atoms with E-state index >= 15 is 0 Å². The van der Waals surface area contributed by atoms with Crippen molar-refractivity contribution in [2.75, 3.05) is 63.5 Å². The molecule has 2 aliphatic rings. The Kier molecular flexibility index (Phi) is 9.96. The van der Waals surface area contributed by atoms with Crippen LogP contribution in [0.3, 0.4) is 0 Å². The highest BCUT2D eigenvalue weighted by Gasteiger charge is 2.25. The first kappa shape index (κ1) is 25.5. The van der Waals surface area contributed by atoms with Crippen LogP contribution >= 0.6 is 35.6 Å². The third-order valence-electron chi connectivity index (χ3n) is 5.65. The third-order valence-corrected chi connectivity index (χ3v) is 7.27. The lowest BCUT2D eigenvalue weighted by atomic mass is 9.98. The van der Waals surface area contributed by atoms with Gasteiger partial charge in [0, 0.05) is 52.4 Å². The quantitative estimate of drug-likeness (QED) is 0.336. The molecule has 2 fully saturated rings. The molecule has 30 heavy (non-hydrogen) atoms. The summed E-state index contributed by atoms with van der Waals surface area (Å²) in [4.78, 5) is 9.51. The number of benzene rings is 1. The van der Waals surface area contributed by atoms with Crippen LogP contribution in [-0.4, -0.2) is 82.2 Å². The number of rotatable bonds is 5. The van der Waals surface area contributed by atoms with Crippen molar-refractivity contribution < 1.29 is 8.42 Å². The van der Waals surface area contributed by atoms with Crippen LogP contribution in [0.1, 0.15) is 19.8 Å². The second-order valence-corrected chi connectivity index (χ2v) is 10.1. The summed E-state index contributed by atoms with van der Waals surface area (Å²) in [6.07, 6.45) is 3.03. The van der Waals surface area contributed by atoms with E-state index in [0.29, 0.717) is 19.0 Å². The van der Waals surface area contributed by atoms with Gasteiger partial charge in [-0.3, -0.25) is 4.99 Å². The Labute approximate surface area is 202 Å². The third kappa shape index (κ3) is 6.86. The highest BCUT2D eigenvalue weighted by atomic mass is 127. The first-order valence-electron chi connectivity index (χ1n) is 10.4. The number of hydrogen-bond acceptors (Lipinski definition) is 4. The molecule has 2 aliphatic heterocycles. The van der Waals surface area contributed by atoms with Crippen LogP contribution < -0.4 is 10.2 Å². The van der Waals surface area contributed by atoms with Gasteiger partial charge in [-0.1, -0.05) is 23.7 Å². The zero-order valence-corrected chi connectivity index (χ0v) is 21.7. The van der Waals surface area contributed by atoms with E-state index in [4.69, 9.17) is 16.6 Å². The fourth-order valence-corrected chi connectivity index (χ4v) is 5.06. The van der Waals surface area contributed by atoms with E-state index in [0.717, 1.165) is 68.8 Å². The molecule has 1 aromatic carbocycles. The molecule has 170 valence electrons. The number of sulfonamides is 1. The van der Waals surface area contributed by atoms with Gasteiger partial charge in [0.25, 0.3) is 0 Å². The molecule has 0 unspecified atom stereocenters. The number of halogens is 2. The number of aliphatic imine (C=N–C) groups is 1. The molecule has 1 aromatic rings. The van der Waals surface area contributed by atoms with E-state index in [-0.39, 0.29) is 24.0 Å². The lowest BCUT2D eigenvalue weighted by Crippen LogP contribution is -2.52. The maximum atomic E-state index is 11.7. The minimum Gasteiger partial charge on any atom is -0.367 e. The zero-order valence-electron chi connectivity index (χ0n) is 17.8. The number of piperidine rings is 1. The predicted octanol–water partition coefficient (Wildman–Crippen LogP) is 2.72. The van der Waals surface area contributed by atoms with E-state index in [9.17, 15) is 8.42 Å². The molecule has 2 saturated heterocycles. The maximum absolute atomic E-state index is 11.7. The summed E-state index contributed by atoms with van der Waals surface area (Å²) in [5, 5.41) is 4.21. The van der Waals surface area contributed by atoms with Crippen LogP contribution in [0.25, 0.3) is 0 Å². The van der Waals surface area contributed by atoms with Gasteiger partial charge in [-0.25, -0.2) is 12.7 Å². The van der Waals surface area contributed by atoms with Crippen molar-refractivity contribution in [3.8, 4) is 0 Å². The number of anilines is 1. The van der Waals surface area contributed by atoms with Gasteiger partial charge in [0.05, 0.1) is 17.0 Å². The first-order chi connectivity index (χ1) is 13.9. The highest BCUT2D eigenvalue weighted by molar-refractivity contribution is 14.0. The summed E-state index contributed by atoms with van der Waals surface area (Å²) in [5.41, 5.74) is 1.09. The molecular formula is C20H33ClIN5O2S. The molecule has 0 atom stereocenters. The standard InChI is InChI=1S/C20H32ClN5O2S.HI/c1-3-22-20(23-16-17-8-10-26(11-9-17)29(2,27)28)25-14-12-24(13-15-25)19-7-5-4-6-18(19)21;/h4-7,17H,3,8-16H2,1-2H3,(H,22,23);1H. The van der Waals surface area contributed by atoms with Crippen LogP contribution in [0.2, 0.25) is 5.02 Å². The van der Waals surface area contributed by atoms with Gasteiger partial charge < -0.3 is 15.1 Å². The summed E-state index contributed by atoms with van der Waals surface area (Å²) in [7, 11) is -3.07. The topological polar surface area (TPSA) is 68.2 Å².